The molecule has 0 fully saturated rings. The molecular weight excluding hydrogens is 354 g/mol. The third-order valence-corrected chi connectivity index (χ3v) is 2.49. The van der Waals surface area contributed by atoms with Crippen LogP contribution in [0.4, 0.5) is 13.2 Å². The second-order valence-electron chi connectivity index (χ2n) is 3.65. The van der Waals surface area contributed by atoms with Gasteiger partial charge in [-0.2, -0.15) is 13.2 Å². The summed E-state index contributed by atoms with van der Waals surface area (Å²) >= 11 is 0. The molecule has 102 valence electrons. The minimum Gasteiger partial charge on any atom is -0.541 e. The van der Waals surface area contributed by atoms with Crippen LogP contribution in [-0.2, 0) is 31.6 Å². The van der Waals surface area contributed by atoms with Crippen LogP contribution in [0.5, 0.6) is 0 Å². The summed E-state index contributed by atoms with van der Waals surface area (Å²) in [5.74, 6) is -2.01. The molecule has 0 aliphatic rings. The van der Waals surface area contributed by atoms with Crippen molar-refractivity contribution in [3.8, 4) is 0 Å². The quantitative estimate of drug-likeness (QED) is 0.610. The van der Waals surface area contributed by atoms with E-state index in [0.717, 1.165) is 0 Å². The molecule has 0 amide bonds. The van der Waals surface area contributed by atoms with E-state index in [1.807, 2.05) is 0 Å². The first kappa shape index (κ1) is 15.6. The van der Waals surface area contributed by atoms with Crippen molar-refractivity contribution in [1.29, 1.82) is 0 Å². The summed E-state index contributed by atoms with van der Waals surface area (Å²) in [5.41, 5.74) is 0.110. The Morgan fingerprint density at radius 3 is 2.47 bits per heavy atom. The van der Waals surface area contributed by atoms with E-state index in [0.29, 0.717) is 9.95 Å². The number of carbonyl (C=O) groups excluding carboxylic acids is 2. The zero-order valence-corrected chi connectivity index (χ0v) is 10.9. The van der Waals surface area contributed by atoms with Crippen LogP contribution in [-0.4, -0.2) is 22.9 Å². The minimum absolute atomic E-state index is 0. The van der Waals surface area contributed by atoms with Gasteiger partial charge in [-0.1, -0.05) is 18.2 Å². The van der Waals surface area contributed by atoms with Gasteiger partial charge in [0.2, 0.25) is 0 Å². The number of fused-ring (bicyclic) bond motifs is 1. The molecule has 0 unspecified atom stereocenters. The number of alkyl halides is 3. The first-order valence-corrected chi connectivity index (χ1v) is 5.01. The Hall–Kier alpha value is -1.45. The second-order valence-corrected chi connectivity index (χ2v) is 3.65. The van der Waals surface area contributed by atoms with Gasteiger partial charge in [0.1, 0.15) is 0 Å². The van der Waals surface area contributed by atoms with Crippen LogP contribution < -0.4 is 0 Å². The van der Waals surface area contributed by atoms with E-state index in [-0.39, 0.29) is 38.1 Å². The molecule has 0 N–H and O–H groups in total. The number of hydrogen-bond acceptors (Lipinski definition) is 2. The first-order chi connectivity index (χ1) is 8.45. The molecule has 1 aromatic carbocycles. The monoisotopic (exact) mass is 360 g/mol. The zero-order chi connectivity index (χ0) is 13.3. The van der Waals surface area contributed by atoms with Gasteiger partial charge in [0.15, 0.2) is 0 Å². The summed E-state index contributed by atoms with van der Waals surface area (Å²) in [4.78, 5) is 21.7. The maximum absolute atomic E-state index is 12.5. The Kier molecular flexibility index (Phi) is 4.67. The Balaban J connectivity index is 0.00000180. The number of carbonyl (C=O) groups is 1. The van der Waals surface area contributed by atoms with Gasteiger partial charge in [0, 0.05) is 11.1 Å². The molecule has 0 atom stereocenters. The van der Waals surface area contributed by atoms with Crippen molar-refractivity contribution in [3.63, 3.8) is 0 Å². The van der Waals surface area contributed by atoms with Gasteiger partial charge in [0.25, 0.3) is 0 Å². The van der Waals surface area contributed by atoms with E-state index in [2.05, 4.69) is 0 Å². The summed E-state index contributed by atoms with van der Waals surface area (Å²) < 4.78 is 38.0. The molecule has 0 saturated carbocycles. The Bertz CT molecular complexity index is 619. The third-order valence-electron chi connectivity index (χ3n) is 2.49. The average molecular weight is 361 g/mol. The summed E-state index contributed by atoms with van der Waals surface area (Å²) in [7, 11) is 0. The summed E-state index contributed by atoms with van der Waals surface area (Å²) in [5, 5.41) is 0.473. The largest absolute Gasteiger partial charge is 2.00 e. The predicted molar refractivity (Wildman–Crippen MR) is 58.0 cm³/mol. The smallest absolute Gasteiger partial charge is 0.541 e. The molecule has 1 heterocycles. The predicted octanol–water partition coefficient (Wildman–Crippen LogP) is 2.49. The number of hydrogen-bond donors (Lipinski definition) is 0. The van der Waals surface area contributed by atoms with Crippen LogP contribution >= 0.6 is 0 Å². The fourth-order valence-electron chi connectivity index (χ4n) is 1.78. The van der Waals surface area contributed by atoms with Crippen molar-refractivity contribution in [1.82, 2.24) is 4.57 Å². The van der Waals surface area contributed by atoms with Crippen LogP contribution in [0.25, 0.3) is 10.9 Å². The number of rotatable bonds is 2. The van der Waals surface area contributed by atoms with Gasteiger partial charge >= 0.3 is 32.5 Å². The number of halogens is 3. The number of para-hydroxylation sites is 1. The van der Waals surface area contributed by atoms with Gasteiger partial charge in [0.05, 0.1) is 5.52 Å². The van der Waals surface area contributed by atoms with Crippen LogP contribution in [0.15, 0.2) is 30.3 Å². The molecule has 1 aromatic heterocycles. The van der Waals surface area contributed by atoms with Crippen molar-refractivity contribution >= 4 is 23.1 Å². The van der Waals surface area contributed by atoms with Gasteiger partial charge in [-0.3, -0.25) is 15.6 Å². The summed E-state index contributed by atoms with van der Waals surface area (Å²) in [6, 6.07) is 7.51. The van der Waals surface area contributed by atoms with E-state index in [4.69, 9.17) is 0 Å². The molecule has 0 aliphatic heterocycles. The molecule has 2 rings (SSSR count). The van der Waals surface area contributed by atoms with E-state index in [9.17, 15) is 22.8 Å². The van der Waals surface area contributed by atoms with Gasteiger partial charge < -0.3 is 4.79 Å². The van der Waals surface area contributed by atoms with E-state index >= 15 is 0 Å². The Labute approximate surface area is 120 Å². The molecule has 0 aliphatic carbocycles. The number of aromatic nitrogens is 1. The van der Waals surface area contributed by atoms with Crippen molar-refractivity contribution in [2.45, 2.75) is 12.6 Å². The van der Waals surface area contributed by atoms with E-state index in [1.54, 1.807) is 12.1 Å². The maximum Gasteiger partial charge on any atom is 2.00 e. The normalized spacial score (nSPS) is 11.1. The molecule has 0 bridgehead atoms. The molecular formula is C12H7F3NO2Pd+. The summed E-state index contributed by atoms with van der Waals surface area (Å²) in [6.45, 7) is 0. The van der Waals surface area contributed by atoms with Gasteiger partial charge in [-0.15, -0.1) is 6.42 Å². The number of benzene rings is 1. The molecule has 0 radical (unpaired) electrons. The average Bonchev–Trinajstić information content (AvgIpc) is 2.65. The van der Waals surface area contributed by atoms with Crippen molar-refractivity contribution in [2.75, 3.05) is 0 Å². The van der Waals surface area contributed by atoms with Crippen molar-refractivity contribution in [3.05, 3.63) is 36.0 Å². The molecule has 0 spiro atoms. The topological polar surface area (TPSA) is 39.1 Å². The van der Waals surface area contributed by atoms with E-state index < -0.39 is 12.1 Å². The third kappa shape index (κ3) is 2.94. The summed E-state index contributed by atoms with van der Waals surface area (Å²) in [6.07, 6.45) is -3.85. The SMILES string of the molecule is O=[C-]Cc1cc2ccccc2n1C(=O)C(F)(F)F.[Pd+2]. The van der Waals surface area contributed by atoms with Crippen LogP contribution in [0.3, 0.4) is 0 Å². The molecule has 3 nitrogen and oxygen atoms in total. The number of nitrogens with zero attached hydrogens (tertiary/aromatic N) is 1. The molecule has 2 aromatic rings. The first-order valence-electron chi connectivity index (χ1n) is 5.01. The van der Waals surface area contributed by atoms with Crippen LogP contribution in [0, 0.1) is 0 Å². The molecule has 19 heavy (non-hydrogen) atoms. The van der Waals surface area contributed by atoms with E-state index in [1.165, 1.54) is 24.5 Å². The molecule has 0 saturated heterocycles. The fourth-order valence-corrected chi connectivity index (χ4v) is 1.78. The van der Waals surface area contributed by atoms with Gasteiger partial charge in [-0.05, 0) is 12.1 Å². The van der Waals surface area contributed by atoms with Crippen LogP contribution in [0.1, 0.15) is 10.5 Å². The standard InChI is InChI=1S/C12H7F3NO2.Pd/c13-12(14,15)11(18)16-9(5-6-17)7-8-3-1-2-4-10(8)16;/h1-4,7H,5H2;/q-1;+2. The fraction of sp³-hybridized carbons (Fsp3) is 0.167. The molecule has 7 heteroatoms. The van der Waals surface area contributed by atoms with Crippen LogP contribution in [0.2, 0.25) is 0 Å². The Morgan fingerprint density at radius 1 is 1.26 bits per heavy atom. The van der Waals surface area contributed by atoms with Crippen molar-refractivity contribution < 1.29 is 43.2 Å². The van der Waals surface area contributed by atoms with Crippen molar-refractivity contribution in [2.24, 2.45) is 0 Å². The maximum atomic E-state index is 12.5. The minimum atomic E-state index is -4.99. The Morgan fingerprint density at radius 2 is 1.89 bits per heavy atom. The van der Waals surface area contributed by atoms with Gasteiger partial charge in [-0.25, -0.2) is 0 Å². The second kappa shape index (κ2) is 5.68. The zero-order valence-electron chi connectivity index (χ0n) is 9.31.